The van der Waals surface area contributed by atoms with E-state index in [0.717, 1.165) is 0 Å². The average molecular weight is 246 g/mol. The standard InChI is InChI=1S/C11H18O6/c1-11(2)16-8(6-12)10(17-11)7(13)5-9-14-3-4-15-9/h8-10,12H,3-6H2,1-2H3/t8-,10+/m0/s1. The Labute approximate surface area is 99.8 Å². The molecule has 0 aromatic carbocycles. The van der Waals surface area contributed by atoms with Crippen molar-refractivity contribution in [3.63, 3.8) is 0 Å². The number of hydrogen-bond donors (Lipinski definition) is 1. The number of aliphatic hydroxyl groups is 1. The van der Waals surface area contributed by atoms with Gasteiger partial charge < -0.3 is 24.1 Å². The third-order valence-electron chi connectivity index (χ3n) is 2.74. The summed E-state index contributed by atoms with van der Waals surface area (Å²) in [5, 5.41) is 9.16. The van der Waals surface area contributed by atoms with Gasteiger partial charge in [-0.3, -0.25) is 4.79 Å². The van der Waals surface area contributed by atoms with Crippen LogP contribution in [0.15, 0.2) is 0 Å². The van der Waals surface area contributed by atoms with Gasteiger partial charge in [-0.2, -0.15) is 0 Å². The van der Waals surface area contributed by atoms with Crippen molar-refractivity contribution in [3.05, 3.63) is 0 Å². The number of rotatable bonds is 4. The fourth-order valence-corrected chi connectivity index (χ4v) is 2.05. The third-order valence-corrected chi connectivity index (χ3v) is 2.74. The van der Waals surface area contributed by atoms with E-state index in [4.69, 9.17) is 24.1 Å². The van der Waals surface area contributed by atoms with E-state index in [-0.39, 0.29) is 18.8 Å². The summed E-state index contributed by atoms with van der Waals surface area (Å²) < 4.78 is 21.3. The number of aliphatic hydroxyl groups excluding tert-OH is 1. The molecule has 2 aliphatic heterocycles. The maximum atomic E-state index is 12.0. The highest BCUT2D eigenvalue weighted by Gasteiger charge is 2.45. The number of Topliss-reactive ketones (excluding diaryl/α,β-unsaturated/α-hetero) is 1. The van der Waals surface area contributed by atoms with E-state index in [1.807, 2.05) is 0 Å². The molecule has 98 valence electrons. The molecule has 0 spiro atoms. The molecule has 0 aromatic rings. The van der Waals surface area contributed by atoms with Crippen LogP contribution in [0.1, 0.15) is 20.3 Å². The number of carbonyl (C=O) groups is 1. The van der Waals surface area contributed by atoms with Crippen molar-refractivity contribution < 1.29 is 28.8 Å². The second-order valence-corrected chi connectivity index (χ2v) is 4.62. The third kappa shape index (κ3) is 3.02. The van der Waals surface area contributed by atoms with Gasteiger partial charge in [0.25, 0.3) is 0 Å². The van der Waals surface area contributed by atoms with Crippen LogP contribution in [0.2, 0.25) is 0 Å². The lowest BCUT2D eigenvalue weighted by Gasteiger charge is -2.17. The summed E-state index contributed by atoms with van der Waals surface area (Å²) in [5.74, 6) is -1.01. The molecule has 6 nitrogen and oxygen atoms in total. The molecule has 0 aromatic heterocycles. The molecule has 2 fully saturated rings. The normalized spacial score (nSPS) is 33.1. The lowest BCUT2D eigenvalue weighted by Crippen LogP contribution is -2.36. The van der Waals surface area contributed by atoms with Crippen LogP contribution in [0.3, 0.4) is 0 Å². The molecule has 6 heteroatoms. The molecule has 0 saturated carbocycles. The van der Waals surface area contributed by atoms with E-state index in [2.05, 4.69) is 0 Å². The Hall–Kier alpha value is -0.530. The van der Waals surface area contributed by atoms with Crippen LogP contribution < -0.4 is 0 Å². The summed E-state index contributed by atoms with van der Waals surface area (Å²) in [5.41, 5.74) is 0. The smallest absolute Gasteiger partial charge is 0.169 e. The van der Waals surface area contributed by atoms with Gasteiger partial charge >= 0.3 is 0 Å². The molecule has 1 N–H and O–H groups in total. The Morgan fingerprint density at radius 3 is 2.53 bits per heavy atom. The van der Waals surface area contributed by atoms with Gasteiger partial charge in [-0.05, 0) is 13.8 Å². The minimum atomic E-state index is -0.842. The molecule has 2 heterocycles. The number of carbonyl (C=O) groups excluding carboxylic acids is 1. The fraction of sp³-hybridized carbons (Fsp3) is 0.909. The number of ketones is 1. The summed E-state index contributed by atoms with van der Waals surface area (Å²) in [4.78, 5) is 12.0. The van der Waals surface area contributed by atoms with Crippen molar-refractivity contribution in [2.24, 2.45) is 0 Å². The molecule has 0 aliphatic carbocycles. The molecule has 0 radical (unpaired) electrons. The van der Waals surface area contributed by atoms with Gasteiger partial charge in [-0.1, -0.05) is 0 Å². The van der Waals surface area contributed by atoms with Gasteiger partial charge in [0.2, 0.25) is 0 Å². The summed E-state index contributed by atoms with van der Waals surface area (Å²) >= 11 is 0. The first kappa shape index (κ1) is 12.9. The summed E-state index contributed by atoms with van der Waals surface area (Å²) in [6, 6.07) is 0. The summed E-state index contributed by atoms with van der Waals surface area (Å²) in [6.07, 6.45) is -1.73. The van der Waals surface area contributed by atoms with Gasteiger partial charge in [0.1, 0.15) is 12.2 Å². The highest BCUT2D eigenvalue weighted by molar-refractivity contribution is 5.84. The van der Waals surface area contributed by atoms with Gasteiger partial charge in [-0.15, -0.1) is 0 Å². The number of hydrogen-bond acceptors (Lipinski definition) is 6. The molecule has 0 amide bonds. The lowest BCUT2D eigenvalue weighted by molar-refractivity contribution is -0.159. The first-order valence-corrected chi connectivity index (χ1v) is 5.74. The zero-order valence-corrected chi connectivity index (χ0v) is 10.0. The average Bonchev–Trinajstić information content (AvgIpc) is 2.85. The van der Waals surface area contributed by atoms with Crippen LogP contribution in [-0.2, 0) is 23.7 Å². The molecule has 17 heavy (non-hydrogen) atoms. The van der Waals surface area contributed by atoms with Crippen LogP contribution >= 0.6 is 0 Å². The predicted molar refractivity (Wildman–Crippen MR) is 56.2 cm³/mol. The van der Waals surface area contributed by atoms with Crippen molar-refractivity contribution in [2.45, 2.75) is 44.6 Å². The van der Waals surface area contributed by atoms with Crippen molar-refractivity contribution in [1.82, 2.24) is 0 Å². The van der Waals surface area contributed by atoms with E-state index in [1.165, 1.54) is 0 Å². The molecule has 2 rings (SSSR count). The minimum Gasteiger partial charge on any atom is -0.394 e. The highest BCUT2D eigenvalue weighted by atomic mass is 16.8. The Morgan fingerprint density at radius 1 is 1.29 bits per heavy atom. The second-order valence-electron chi connectivity index (χ2n) is 4.62. The van der Waals surface area contributed by atoms with Crippen LogP contribution in [0.25, 0.3) is 0 Å². The number of ether oxygens (including phenoxy) is 4. The van der Waals surface area contributed by atoms with Crippen molar-refractivity contribution >= 4 is 5.78 Å². The van der Waals surface area contributed by atoms with Gasteiger partial charge in [0.15, 0.2) is 17.9 Å². The Bertz CT molecular complexity index is 284. The zero-order chi connectivity index (χ0) is 12.5. The van der Waals surface area contributed by atoms with Crippen molar-refractivity contribution in [2.75, 3.05) is 19.8 Å². The van der Waals surface area contributed by atoms with E-state index in [9.17, 15) is 4.79 Å². The predicted octanol–water partition coefficient (Wildman–Crippen LogP) is -0.169. The molecular weight excluding hydrogens is 228 g/mol. The lowest BCUT2D eigenvalue weighted by atomic mass is 10.1. The van der Waals surface area contributed by atoms with Crippen molar-refractivity contribution in [1.29, 1.82) is 0 Å². The maximum Gasteiger partial charge on any atom is 0.169 e. The zero-order valence-electron chi connectivity index (χ0n) is 10.0. The molecule has 0 bridgehead atoms. The minimum absolute atomic E-state index is 0.126. The molecule has 2 aliphatic rings. The Balaban J connectivity index is 1.93. The SMILES string of the molecule is CC1(C)O[C@@H](CO)[C@@H](C(=O)CC2OCCO2)O1. The monoisotopic (exact) mass is 246 g/mol. The van der Waals surface area contributed by atoms with Crippen LogP contribution in [-0.4, -0.2) is 55.0 Å². The van der Waals surface area contributed by atoms with Crippen LogP contribution in [0.5, 0.6) is 0 Å². The first-order chi connectivity index (χ1) is 8.02. The van der Waals surface area contributed by atoms with E-state index in [1.54, 1.807) is 13.8 Å². The topological polar surface area (TPSA) is 74.2 Å². The van der Waals surface area contributed by atoms with Gasteiger partial charge in [-0.25, -0.2) is 0 Å². The van der Waals surface area contributed by atoms with Crippen molar-refractivity contribution in [3.8, 4) is 0 Å². The highest BCUT2D eigenvalue weighted by Crippen LogP contribution is 2.29. The molecule has 2 atom stereocenters. The quantitative estimate of drug-likeness (QED) is 0.742. The second kappa shape index (κ2) is 4.99. The summed E-state index contributed by atoms with van der Waals surface area (Å²) in [6.45, 7) is 4.20. The van der Waals surface area contributed by atoms with E-state index in [0.29, 0.717) is 13.2 Å². The molecule has 2 saturated heterocycles. The fourth-order valence-electron chi connectivity index (χ4n) is 2.05. The Kier molecular flexibility index (Phi) is 3.79. The summed E-state index contributed by atoms with van der Waals surface area (Å²) in [7, 11) is 0. The molecule has 0 unspecified atom stereocenters. The van der Waals surface area contributed by atoms with Crippen LogP contribution in [0, 0.1) is 0 Å². The molecular formula is C11H18O6. The first-order valence-electron chi connectivity index (χ1n) is 5.74. The van der Waals surface area contributed by atoms with Crippen LogP contribution in [0.4, 0.5) is 0 Å². The Morgan fingerprint density at radius 2 is 1.94 bits per heavy atom. The van der Waals surface area contributed by atoms with Gasteiger partial charge in [0, 0.05) is 0 Å². The van der Waals surface area contributed by atoms with E-state index >= 15 is 0 Å². The maximum absolute atomic E-state index is 12.0. The largest absolute Gasteiger partial charge is 0.394 e. The van der Waals surface area contributed by atoms with Gasteiger partial charge in [0.05, 0.1) is 26.2 Å². The van der Waals surface area contributed by atoms with E-state index < -0.39 is 24.3 Å².